The van der Waals surface area contributed by atoms with E-state index in [2.05, 4.69) is 9.88 Å². The van der Waals surface area contributed by atoms with Gasteiger partial charge in [-0.05, 0) is 37.4 Å². The molecule has 0 aromatic carbocycles. The number of aliphatic hydroxyl groups is 1. The smallest absolute Gasteiger partial charge is 0.129 e. The van der Waals surface area contributed by atoms with Gasteiger partial charge in [-0.1, -0.05) is 31.0 Å². The summed E-state index contributed by atoms with van der Waals surface area (Å²) in [6, 6.07) is 4.13. The fourth-order valence-corrected chi connectivity index (χ4v) is 2.77. The molecule has 1 saturated heterocycles. The van der Waals surface area contributed by atoms with Crippen LogP contribution in [0.3, 0.4) is 0 Å². The van der Waals surface area contributed by atoms with Crippen molar-refractivity contribution < 1.29 is 5.11 Å². The quantitative estimate of drug-likeness (QED) is 0.853. The van der Waals surface area contributed by atoms with Crippen molar-refractivity contribution in [3.63, 3.8) is 0 Å². The lowest BCUT2D eigenvalue weighted by Gasteiger charge is -2.38. The minimum absolute atomic E-state index is 0.217. The Hall–Kier alpha value is -0.640. The standard InChI is InChI=1S/C14H21ClN2O/c1-2-13(18)12-5-3-4-8-17(12)10-11-6-7-14(15)16-9-11/h6-7,9,12-13,18H,2-5,8,10H2,1H3/t12-,13+/m0/s1. The van der Waals surface area contributed by atoms with Crippen LogP contribution in [0.15, 0.2) is 18.3 Å². The summed E-state index contributed by atoms with van der Waals surface area (Å²) >= 11 is 5.79. The highest BCUT2D eigenvalue weighted by atomic mass is 35.5. The Labute approximate surface area is 114 Å². The molecule has 1 aliphatic heterocycles. The third-order valence-electron chi connectivity index (χ3n) is 3.70. The SMILES string of the molecule is CC[C@@H](O)[C@@H]1CCCCN1Cc1ccc(Cl)nc1. The first-order valence-electron chi connectivity index (χ1n) is 6.73. The number of likely N-dealkylation sites (tertiary alicyclic amines) is 1. The molecule has 0 saturated carbocycles. The van der Waals surface area contributed by atoms with Gasteiger partial charge in [0.15, 0.2) is 0 Å². The number of piperidine rings is 1. The van der Waals surface area contributed by atoms with E-state index in [1.165, 1.54) is 12.8 Å². The summed E-state index contributed by atoms with van der Waals surface area (Å²) in [5.41, 5.74) is 1.16. The monoisotopic (exact) mass is 268 g/mol. The molecule has 2 rings (SSSR count). The van der Waals surface area contributed by atoms with Gasteiger partial charge in [-0.15, -0.1) is 0 Å². The number of aromatic nitrogens is 1. The maximum Gasteiger partial charge on any atom is 0.129 e. The van der Waals surface area contributed by atoms with Crippen LogP contribution in [0.5, 0.6) is 0 Å². The summed E-state index contributed by atoms with van der Waals surface area (Å²) in [6.07, 6.45) is 5.96. The molecule has 2 heterocycles. The lowest BCUT2D eigenvalue weighted by Crippen LogP contribution is -2.46. The average Bonchev–Trinajstić information content (AvgIpc) is 2.41. The van der Waals surface area contributed by atoms with Gasteiger partial charge in [-0.2, -0.15) is 0 Å². The van der Waals surface area contributed by atoms with E-state index in [1.54, 1.807) is 0 Å². The minimum atomic E-state index is -0.217. The third kappa shape index (κ3) is 3.44. The molecule has 4 heteroatoms. The van der Waals surface area contributed by atoms with Gasteiger partial charge in [0.2, 0.25) is 0 Å². The predicted octanol–water partition coefficient (Wildman–Crippen LogP) is 2.86. The van der Waals surface area contributed by atoms with Gasteiger partial charge in [0, 0.05) is 18.8 Å². The maximum absolute atomic E-state index is 10.1. The highest BCUT2D eigenvalue weighted by Gasteiger charge is 2.27. The average molecular weight is 269 g/mol. The van der Waals surface area contributed by atoms with E-state index >= 15 is 0 Å². The second-order valence-corrected chi connectivity index (χ2v) is 5.39. The normalized spacial score (nSPS) is 22.9. The van der Waals surface area contributed by atoms with Crippen LogP contribution in [0, 0.1) is 0 Å². The van der Waals surface area contributed by atoms with Gasteiger partial charge in [0.25, 0.3) is 0 Å². The summed E-state index contributed by atoms with van der Waals surface area (Å²) in [5.74, 6) is 0. The zero-order valence-corrected chi connectivity index (χ0v) is 11.6. The molecule has 18 heavy (non-hydrogen) atoms. The van der Waals surface area contributed by atoms with E-state index < -0.39 is 0 Å². The van der Waals surface area contributed by atoms with Crippen molar-refractivity contribution >= 4 is 11.6 Å². The van der Waals surface area contributed by atoms with E-state index in [0.29, 0.717) is 11.2 Å². The molecular weight excluding hydrogens is 248 g/mol. The lowest BCUT2D eigenvalue weighted by molar-refractivity contribution is 0.0195. The van der Waals surface area contributed by atoms with Crippen LogP contribution < -0.4 is 0 Å². The summed E-state index contributed by atoms with van der Waals surface area (Å²) in [4.78, 5) is 6.49. The highest BCUT2D eigenvalue weighted by Crippen LogP contribution is 2.23. The molecule has 0 spiro atoms. The second-order valence-electron chi connectivity index (χ2n) is 5.00. The van der Waals surface area contributed by atoms with Crippen LogP contribution in [0.2, 0.25) is 5.15 Å². The van der Waals surface area contributed by atoms with Gasteiger partial charge >= 0.3 is 0 Å². The number of pyridine rings is 1. The molecule has 0 unspecified atom stereocenters. The Balaban J connectivity index is 2.03. The van der Waals surface area contributed by atoms with Crippen LogP contribution >= 0.6 is 11.6 Å². The zero-order chi connectivity index (χ0) is 13.0. The third-order valence-corrected chi connectivity index (χ3v) is 3.92. The van der Waals surface area contributed by atoms with Gasteiger partial charge in [0.05, 0.1) is 6.10 Å². The Morgan fingerprint density at radius 1 is 1.50 bits per heavy atom. The number of aliphatic hydroxyl groups excluding tert-OH is 1. The van der Waals surface area contributed by atoms with Crippen molar-refractivity contribution in [1.29, 1.82) is 0 Å². The molecule has 100 valence electrons. The summed E-state index contributed by atoms with van der Waals surface area (Å²) in [7, 11) is 0. The number of hydrogen-bond donors (Lipinski definition) is 1. The molecule has 0 aliphatic carbocycles. The van der Waals surface area contributed by atoms with E-state index in [-0.39, 0.29) is 6.10 Å². The Kier molecular flexibility index (Phi) is 4.98. The Bertz CT molecular complexity index is 369. The van der Waals surface area contributed by atoms with Crippen molar-refractivity contribution in [2.75, 3.05) is 6.54 Å². The van der Waals surface area contributed by atoms with Crippen LogP contribution in [0.4, 0.5) is 0 Å². The van der Waals surface area contributed by atoms with Gasteiger partial charge in [-0.3, -0.25) is 4.90 Å². The number of hydrogen-bond acceptors (Lipinski definition) is 3. The number of nitrogens with zero attached hydrogens (tertiary/aromatic N) is 2. The van der Waals surface area contributed by atoms with Gasteiger partial charge in [0.1, 0.15) is 5.15 Å². The Morgan fingerprint density at radius 2 is 2.33 bits per heavy atom. The first kappa shape index (κ1) is 13.8. The van der Waals surface area contributed by atoms with E-state index in [9.17, 15) is 5.11 Å². The predicted molar refractivity (Wildman–Crippen MR) is 73.6 cm³/mol. The highest BCUT2D eigenvalue weighted by molar-refractivity contribution is 6.29. The fourth-order valence-electron chi connectivity index (χ4n) is 2.66. The number of halogens is 1. The van der Waals surface area contributed by atoms with E-state index in [1.807, 2.05) is 25.3 Å². The maximum atomic E-state index is 10.1. The van der Waals surface area contributed by atoms with Crippen LogP contribution in [0.1, 0.15) is 38.2 Å². The van der Waals surface area contributed by atoms with Crippen molar-refractivity contribution in [1.82, 2.24) is 9.88 Å². The molecule has 1 N–H and O–H groups in total. The van der Waals surface area contributed by atoms with Crippen molar-refractivity contribution in [3.05, 3.63) is 29.0 Å². The van der Waals surface area contributed by atoms with Gasteiger partial charge < -0.3 is 5.11 Å². The first-order chi connectivity index (χ1) is 8.70. The summed E-state index contributed by atoms with van der Waals surface area (Å²) in [5, 5.41) is 10.6. The molecule has 1 fully saturated rings. The minimum Gasteiger partial charge on any atom is -0.392 e. The molecular formula is C14H21ClN2O. The summed E-state index contributed by atoms with van der Waals surface area (Å²) < 4.78 is 0. The van der Waals surface area contributed by atoms with Crippen molar-refractivity contribution in [2.24, 2.45) is 0 Å². The van der Waals surface area contributed by atoms with Crippen molar-refractivity contribution in [3.8, 4) is 0 Å². The molecule has 0 amide bonds. The fraction of sp³-hybridized carbons (Fsp3) is 0.643. The number of rotatable bonds is 4. The van der Waals surface area contributed by atoms with E-state index in [0.717, 1.165) is 31.5 Å². The van der Waals surface area contributed by atoms with Crippen LogP contribution in [-0.4, -0.2) is 33.7 Å². The lowest BCUT2D eigenvalue weighted by atomic mass is 9.95. The first-order valence-corrected chi connectivity index (χ1v) is 7.11. The van der Waals surface area contributed by atoms with Crippen LogP contribution in [0.25, 0.3) is 0 Å². The summed E-state index contributed by atoms with van der Waals surface area (Å²) in [6.45, 7) is 3.96. The zero-order valence-electron chi connectivity index (χ0n) is 10.8. The molecule has 1 aromatic heterocycles. The van der Waals surface area contributed by atoms with E-state index in [4.69, 9.17) is 11.6 Å². The second kappa shape index (κ2) is 6.50. The molecule has 1 aliphatic rings. The Morgan fingerprint density at radius 3 is 3.00 bits per heavy atom. The molecule has 0 radical (unpaired) electrons. The largest absolute Gasteiger partial charge is 0.392 e. The molecule has 0 bridgehead atoms. The molecule has 2 atom stereocenters. The van der Waals surface area contributed by atoms with Crippen molar-refractivity contribution in [2.45, 2.75) is 51.3 Å². The van der Waals surface area contributed by atoms with Crippen LogP contribution in [-0.2, 0) is 6.54 Å². The van der Waals surface area contributed by atoms with Gasteiger partial charge in [-0.25, -0.2) is 4.98 Å². The molecule has 1 aromatic rings. The topological polar surface area (TPSA) is 36.4 Å². The molecule has 3 nitrogen and oxygen atoms in total.